The highest BCUT2D eigenvalue weighted by atomic mass is 35.5. The van der Waals surface area contributed by atoms with Crippen LogP contribution in [-0.2, 0) is 4.74 Å². The normalized spacial score (nSPS) is 23.2. The van der Waals surface area contributed by atoms with Crippen LogP contribution in [0.1, 0.15) is 6.92 Å². The smallest absolute Gasteiger partial charge is 0.409 e. The summed E-state index contributed by atoms with van der Waals surface area (Å²) in [4.78, 5) is 19.8. The first-order chi connectivity index (χ1) is 10.5. The Balaban J connectivity index is 1.72. The molecule has 2 aliphatic heterocycles. The number of hydrogen-bond acceptors (Lipinski definition) is 5. The summed E-state index contributed by atoms with van der Waals surface area (Å²) in [6, 6.07) is 2.52. The Morgan fingerprint density at radius 3 is 2.86 bits per heavy atom. The van der Waals surface area contributed by atoms with E-state index in [-0.39, 0.29) is 0 Å². The molecule has 0 bridgehead atoms. The van der Waals surface area contributed by atoms with Crippen molar-refractivity contribution in [1.29, 1.82) is 0 Å². The van der Waals surface area contributed by atoms with Crippen molar-refractivity contribution in [3.05, 3.63) is 17.3 Å². The zero-order valence-electron chi connectivity index (χ0n) is 12.3. The molecule has 120 valence electrons. The van der Waals surface area contributed by atoms with Crippen LogP contribution in [0.5, 0.6) is 0 Å². The van der Waals surface area contributed by atoms with Crippen LogP contribution in [0.15, 0.2) is 12.3 Å². The van der Waals surface area contributed by atoms with Gasteiger partial charge >= 0.3 is 6.09 Å². The van der Waals surface area contributed by atoms with Gasteiger partial charge in [-0.3, -0.25) is 10.2 Å². The number of ether oxygens (including phenoxy) is 1. The Morgan fingerprint density at radius 2 is 2.27 bits per heavy atom. The summed E-state index contributed by atoms with van der Waals surface area (Å²) in [7, 11) is 0. The van der Waals surface area contributed by atoms with Gasteiger partial charge < -0.3 is 14.7 Å². The predicted molar refractivity (Wildman–Crippen MR) is 83.9 cm³/mol. The van der Waals surface area contributed by atoms with Gasteiger partial charge in [-0.25, -0.2) is 9.78 Å². The molecule has 1 atom stereocenters. The lowest BCUT2D eigenvalue weighted by atomic mass is 10.1. The van der Waals surface area contributed by atoms with Gasteiger partial charge in [-0.2, -0.15) is 0 Å². The number of halogens is 1. The number of amides is 1. The van der Waals surface area contributed by atoms with Gasteiger partial charge in [0, 0.05) is 31.7 Å². The zero-order valence-corrected chi connectivity index (χ0v) is 13.1. The predicted octanol–water partition coefficient (Wildman–Crippen LogP) is 1.73. The highest BCUT2D eigenvalue weighted by molar-refractivity contribution is 6.33. The van der Waals surface area contributed by atoms with Gasteiger partial charge in [0.15, 0.2) is 0 Å². The van der Waals surface area contributed by atoms with Crippen molar-refractivity contribution in [3.63, 3.8) is 0 Å². The molecule has 1 aromatic heterocycles. The molecular formula is C14H19ClN4O3. The number of carbonyl (C=O) groups is 1. The second-order valence-corrected chi connectivity index (χ2v) is 6.09. The number of hydrogen-bond donors (Lipinski definition) is 2. The SMILES string of the molecule is CC1CN(C2COC2)CCN1c1cc(NC(=O)O)c(Cl)cn1. The van der Waals surface area contributed by atoms with Crippen LogP contribution in [0, 0.1) is 0 Å². The Kier molecular flexibility index (Phi) is 4.37. The second-order valence-electron chi connectivity index (χ2n) is 5.68. The maximum atomic E-state index is 10.8. The number of carboxylic acid groups (broad SMARTS) is 1. The molecule has 0 aliphatic carbocycles. The number of aromatic nitrogens is 1. The van der Waals surface area contributed by atoms with E-state index in [1.165, 1.54) is 6.20 Å². The van der Waals surface area contributed by atoms with E-state index in [0.29, 0.717) is 22.8 Å². The largest absolute Gasteiger partial charge is 0.465 e. The molecule has 8 heteroatoms. The van der Waals surface area contributed by atoms with Crippen molar-refractivity contribution in [2.75, 3.05) is 43.1 Å². The lowest BCUT2D eigenvalue weighted by Gasteiger charge is -2.46. The van der Waals surface area contributed by atoms with Crippen molar-refractivity contribution in [3.8, 4) is 0 Å². The van der Waals surface area contributed by atoms with E-state index in [0.717, 1.165) is 38.7 Å². The minimum absolute atomic E-state index is 0.292. The van der Waals surface area contributed by atoms with E-state index in [4.69, 9.17) is 21.4 Å². The number of piperazine rings is 1. The van der Waals surface area contributed by atoms with Crippen LogP contribution in [0.2, 0.25) is 5.02 Å². The standard InChI is InChI=1S/C14H19ClN4O3/c1-9-6-18(10-7-22-8-10)2-3-19(9)13-4-12(17-14(20)21)11(15)5-16-13/h4-5,9-10H,2-3,6-8H2,1H3,(H,16,17)(H,20,21). The lowest BCUT2D eigenvalue weighted by Crippen LogP contribution is -2.59. The van der Waals surface area contributed by atoms with E-state index in [9.17, 15) is 4.79 Å². The number of nitrogens with one attached hydrogen (secondary N) is 1. The maximum Gasteiger partial charge on any atom is 0.409 e. The van der Waals surface area contributed by atoms with Crippen molar-refractivity contribution < 1.29 is 14.6 Å². The van der Waals surface area contributed by atoms with Crippen molar-refractivity contribution in [2.24, 2.45) is 0 Å². The molecule has 3 heterocycles. The van der Waals surface area contributed by atoms with E-state index in [1.807, 2.05) is 0 Å². The monoisotopic (exact) mass is 326 g/mol. The van der Waals surface area contributed by atoms with Crippen molar-refractivity contribution in [1.82, 2.24) is 9.88 Å². The van der Waals surface area contributed by atoms with Crippen molar-refractivity contribution in [2.45, 2.75) is 19.0 Å². The van der Waals surface area contributed by atoms with Crippen LogP contribution >= 0.6 is 11.6 Å². The molecule has 1 unspecified atom stereocenters. The van der Waals surface area contributed by atoms with Crippen molar-refractivity contribution >= 4 is 29.2 Å². The first-order valence-corrected chi connectivity index (χ1v) is 7.66. The molecule has 1 aromatic rings. The summed E-state index contributed by atoms with van der Waals surface area (Å²) in [5.74, 6) is 0.741. The number of anilines is 2. The second kappa shape index (κ2) is 6.28. The average Bonchev–Trinajstić information content (AvgIpc) is 2.39. The number of nitrogens with zero attached hydrogens (tertiary/aromatic N) is 3. The summed E-state index contributed by atoms with van der Waals surface area (Å²) >= 11 is 5.98. The molecule has 2 N–H and O–H groups in total. The van der Waals surface area contributed by atoms with E-state index < -0.39 is 6.09 Å². The van der Waals surface area contributed by atoms with Gasteiger partial charge in [0.25, 0.3) is 0 Å². The minimum atomic E-state index is -1.14. The van der Waals surface area contributed by atoms with Gasteiger partial charge in [0.05, 0.1) is 36.2 Å². The summed E-state index contributed by atoms with van der Waals surface area (Å²) < 4.78 is 5.25. The number of rotatable bonds is 3. The van der Waals surface area contributed by atoms with Crippen LogP contribution in [0.25, 0.3) is 0 Å². The Bertz CT molecular complexity index is 567. The zero-order chi connectivity index (χ0) is 15.7. The Hall–Kier alpha value is -1.57. The molecule has 0 aromatic carbocycles. The molecule has 2 aliphatic rings. The lowest BCUT2D eigenvalue weighted by molar-refractivity contribution is -0.0692. The Labute approximate surface area is 133 Å². The fourth-order valence-corrected chi connectivity index (χ4v) is 3.04. The summed E-state index contributed by atoms with van der Waals surface area (Å²) in [5.41, 5.74) is 0.362. The minimum Gasteiger partial charge on any atom is -0.465 e. The molecule has 2 saturated heterocycles. The first-order valence-electron chi connectivity index (χ1n) is 7.28. The van der Waals surface area contributed by atoms with Gasteiger partial charge in [-0.05, 0) is 6.92 Å². The molecule has 0 saturated carbocycles. The first kappa shape index (κ1) is 15.3. The van der Waals surface area contributed by atoms with E-state index >= 15 is 0 Å². The fourth-order valence-electron chi connectivity index (χ4n) is 2.89. The van der Waals surface area contributed by atoms with Crippen LogP contribution in [0.3, 0.4) is 0 Å². The molecular weight excluding hydrogens is 308 g/mol. The molecule has 1 amide bonds. The third-order valence-electron chi connectivity index (χ3n) is 4.17. The van der Waals surface area contributed by atoms with Crippen LogP contribution < -0.4 is 10.2 Å². The third kappa shape index (κ3) is 3.11. The summed E-state index contributed by atoms with van der Waals surface area (Å²) in [6.45, 7) is 6.52. The van der Waals surface area contributed by atoms with E-state index in [1.54, 1.807) is 6.07 Å². The Morgan fingerprint density at radius 1 is 1.50 bits per heavy atom. The van der Waals surface area contributed by atoms with Crippen LogP contribution in [-0.4, -0.2) is 66.0 Å². The summed E-state index contributed by atoms with van der Waals surface area (Å²) in [6.07, 6.45) is 0.350. The van der Waals surface area contributed by atoms with Gasteiger partial charge in [0.1, 0.15) is 5.82 Å². The molecule has 22 heavy (non-hydrogen) atoms. The number of pyridine rings is 1. The maximum absolute atomic E-state index is 10.8. The van der Waals surface area contributed by atoms with E-state index in [2.05, 4.69) is 27.0 Å². The quantitative estimate of drug-likeness (QED) is 0.881. The van der Waals surface area contributed by atoms with Gasteiger partial charge in [-0.1, -0.05) is 11.6 Å². The molecule has 0 spiro atoms. The molecule has 7 nitrogen and oxygen atoms in total. The van der Waals surface area contributed by atoms with Crippen LogP contribution in [0.4, 0.5) is 16.3 Å². The summed E-state index contributed by atoms with van der Waals surface area (Å²) in [5, 5.41) is 11.5. The fraction of sp³-hybridized carbons (Fsp3) is 0.571. The molecule has 2 fully saturated rings. The van der Waals surface area contributed by atoms with Gasteiger partial charge in [0.2, 0.25) is 0 Å². The topological polar surface area (TPSA) is 77.9 Å². The highest BCUT2D eigenvalue weighted by Gasteiger charge is 2.32. The molecule has 0 radical (unpaired) electrons. The third-order valence-corrected chi connectivity index (χ3v) is 4.47. The highest BCUT2D eigenvalue weighted by Crippen LogP contribution is 2.28. The average molecular weight is 327 g/mol. The molecule has 3 rings (SSSR count). The van der Waals surface area contributed by atoms with Gasteiger partial charge in [-0.15, -0.1) is 0 Å².